The number of para-hydroxylation sites is 1. The third kappa shape index (κ3) is 3.15. The Labute approximate surface area is 131 Å². The second kappa shape index (κ2) is 6.07. The number of aryl methyl sites for hydroxylation is 1. The van der Waals surface area contributed by atoms with Gasteiger partial charge in [0.15, 0.2) is 5.82 Å². The van der Waals surface area contributed by atoms with Crippen LogP contribution in [0.3, 0.4) is 0 Å². The minimum atomic E-state index is -0.706. The normalized spacial score (nSPS) is 17.4. The van der Waals surface area contributed by atoms with E-state index in [1.807, 2.05) is 0 Å². The molecule has 2 N–H and O–H groups in total. The van der Waals surface area contributed by atoms with Crippen LogP contribution in [0.1, 0.15) is 12.2 Å². The highest BCUT2D eigenvalue weighted by Gasteiger charge is 2.34. The number of nitrogens with one attached hydrogen (secondary N) is 2. The van der Waals surface area contributed by atoms with Crippen molar-refractivity contribution in [1.82, 2.24) is 10.5 Å². The van der Waals surface area contributed by atoms with Gasteiger partial charge in [-0.05, 0) is 25.5 Å². The van der Waals surface area contributed by atoms with Crippen LogP contribution in [0.5, 0.6) is 0 Å². The molecule has 120 valence electrons. The van der Waals surface area contributed by atoms with Crippen molar-refractivity contribution < 1.29 is 18.5 Å². The molecule has 0 spiro atoms. The quantitative estimate of drug-likeness (QED) is 0.906. The number of carbonyl (C=O) groups excluding carboxylic acids is 2. The van der Waals surface area contributed by atoms with Gasteiger partial charge in [0, 0.05) is 12.6 Å². The SMILES string of the molecule is Cc1cc(NC(=O)N[C@@H]2CCN(c3ccccc3F)C2=O)no1. The van der Waals surface area contributed by atoms with Gasteiger partial charge >= 0.3 is 6.03 Å². The first-order chi connectivity index (χ1) is 11.0. The second-order valence-electron chi connectivity index (χ2n) is 5.20. The molecule has 1 aliphatic heterocycles. The lowest BCUT2D eigenvalue weighted by atomic mass is 10.2. The summed E-state index contributed by atoms with van der Waals surface area (Å²) in [6.45, 7) is 2.04. The average molecular weight is 318 g/mol. The number of hydrogen-bond donors (Lipinski definition) is 2. The Kier molecular flexibility index (Phi) is 3.96. The Bertz CT molecular complexity index is 746. The summed E-state index contributed by atoms with van der Waals surface area (Å²) in [6, 6.07) is 6.34. The van der Waals surface area contributed by atoms with Crippen LogP contribution in [0.4, 0.5) is 20.7 Å². The monoisotopic (exact) mass is 318 g/mol. The topological polar surface area (TPSA) is 87.5 Å². The number of urea groups is 1. The van der Waals surface area contributed by atoms with Gasteiger partial charge in [0.05, 0.1) is 5.69 Å². The molecule has 0 radical (unpaired) electrons. The number of carbonyl (C=O) groups is 2. The van der Waals surface area contributed by atoms with E-state index in [2.05, 4.69) is 15.8 Å². The number of anilines is 2. The van der Waals surface area contributed by atoms with Gasteiger partial charge < -0.3 is 14.7 Å². The van der Waals surface area contributed by atoms with Crippen LogP contribution >= 0.6 is 0 Å². The van der Waals surface area contributed by atoms with E-state index in [-0.39, 0.29) is 17.4 Å². The number of hydrogen-bond acceptors (Lipinski definition) is 4. The highest BCUT2D eigenvalue weighted by atomic mass is 19.1. The van der Waals surface area contributed by atoms with Crippen molar-refractivity contribution in [2.75, 3.05) is 16.8 Å². The number of rotatable bonds is 3. The van der Waals surface area contributed by atoms with Gasteiger partial charge in [-0.25, -0.2) is 9.18 Å². The smallest absolute Gasteiger partial charge is 0.321 e. The minimum Gasteiger partial charge on any atom is -0.360 e. The molecule has 0 aliphatic carbocycles. The van der Waals surface area contributed by atoms with E-state index in [1.54, 1.807) is 25.1 Å². The molecule has 0 saturated carbocycles. The zero-order valence-corrected chi connectivity index (χ0v) is 12.4. The van der Waals surface area contributed by atoms with Crippen molar-refractivity contribution in [3.8, 4) is 0 Å². The maximum Gasteiger partial charge on any atom is 0.321 e. The predicted octanol–water partition coefficient (Wildman–Crippen LogP) is 2.05. The first-order valence-corrected chi connectivity index (χ1v) is 7.11. The molecular formula is C15H15FN4O3. The molecule has 1 aromatic heterocycles. The summed E-state index contributed by atoms with van der Waals surface area (Å²) in [5.74, 6) is 0.00461. The standard InChI is InChI=1S/C15H15FN4O3/c1-9-8-13(19-23-9)18-15(22)17-11-6-7-20(14(11)21)12-5-3-2-4-10(12)16/h2-5,8,11H,6-7H2,1H3,(H2,17,18,19,22)/t11-/m1/s1. The molecule has 1 fully saturated rings. The number of aromatic nitrogens is 1. The highest BCUT2D eigenvalue weighted by molar-refractivity contribution is 6.02. The molecule has 0 bridgehead atoms. The molecule has 7 nitrogen and oxygen atoms in total. The number of benzene rings is 1. The number of nitrogens with zero attached hydrogens (tertiary/aromatic N) is 2. The summed E-state index contributed by atoms with van der Waals surface area (Å²) in [4.78, 5) is 25.6. The molecule has 0 unspecified atom stereocenters. The Morgan fingerprint density at radius 1 is 1.43 bits per heavy atom. The summed E-state index contributed by atoms with van der Waals surface area (Å²) >= 11 is 0. The van der Waals surface area contributed by atoms with E-state index in [0.717, 1.165) is 0 Å². The number of amides is 3. The van der Waals surface area contributed by atoms with Crippen LogP contribution in [-0.2, 0) is 4.79 Å². The highest BCUT2D eigenvalue weighted by Crippen LogP contribution is 2.24. The molecule has 3 rings (SSSR count). The van der Waals surface area contributed by atoms with Crippen LogP contribution in [0, 0.1) is 12.7 Å². The van der Waals surface area contributed by atoms with E-state index in [0.29, 0.717) is 18.7 Å². The predicted molar refractivity (Wildman–Crippen MR) is 80.6 cm³/mol. The van der Waals surface area contributed by atoms with E-state index in [9.17, 15) is 14.0 Å². The van der Waals surface area contributed by atoms with E-state index in [4.69, 9.17) is 4.52 Å². The molecule has 3 amide bonds. The lowest BCUT2D eigenvalue weighted by molar-refractivity contribution is -0.118. The summed E-state index contributed by atoms with van der Waals surface area (Å²) in [6.07, 6.45) is 0.401. The van der Waals surface area contributed by atoms with Crippen molar-refractivity contribution in [1.29, 1.82) is 0 Å². The van der Waals surface area contributed by atoms with Gasteiger partial charge in [0.2, 0.25) is 5.91 Å². The maximum absolute atomic E-state index is 13.8. The molecule has 2 aromatic rings. The van der Waals surface area contributed by atoms with Crippen LogP contribution in [0.2, 0.25) is 0 Å². The van der Waals surface area contributed by atoms with E-state index in [1.165, 1.54) is 17.0 Å². The Hall–Kier alpha value is -2.90. The zero-order valence-electron chi connectivity index (χ0n) is 12.4. The fraction of sp³-hybridized carbons (Fsp3) is 0.267. The van der Waals surface area contributed by atoms with Crippen molar-refractivity contribution >= 4 is 23.4 Å². The van der Waals surface area contributed by atoms with Gasteiger partial charge in [-0.2, -0.15) is 0 Å². The van der Waals surface area contributed by atoms with E-state index < -0.39 is 17.9 Å². The molecule has 8 heteroatoms. The fourth-order valence-corrected chi connectivity index (χ4v) is 2.46. The zero-order chi connectivity index (χ0) is 16.4. The third-order valence-electron chi connectivity index (χ3n) is 3.52. The van der Waals surface area contributed by atoms with Crippen molar-refractivity contribution in [3.05, 3.63) is 41.9 Å². The van der Waals surface area contributed by atoms with Gasteiger partial charge in [-0.1, -0.05) is 17.3 Å². The largest absolute Gasteiger partial charge is 0.360 e. The molecule has 23 heavy (non-hydrogen) atoms. The Morgan fingerprint density at radius 3 is 2.91 bits per heavy atom. The third-order valence-corrected chi connectivity index (χ3v) is 3.52. The van der Waals surface area contributed by atoms with Crippen molar-refractivity contribution in [2.24, 2.45) is 0 Å². The number of halogens is 1. The Morgan fingerprint density at radius 2 is 2.22 bits per heavy atom. The first kappa shape index (κ1) is 15.0. The molecule has 1 aliphatic rings. The van der Waals surface area contributed by atoms with Crippen LogP contribution < -0.4 is 15.5 Å². The average Bonchev–Trinajstić information content (AvgIpc) is 3.07. The minimum absolute atomic E-state index is 0.217. The molecular weight excluding hydrogens is 303 g/mol. The molecule has 1 atom stereocenters. The fourth-order valence-electron chi connectivity index (χ4n) is 2.46. The van der Waals surface area contributed by atoms with Crippen molar-refractivity contribution in [2.45, 2.75) is 19.4 Å². The van der Waals surface area contributed by atoms with Gasteiger partial charge in [0.25, 0.3) is 0 Å². The Balaban J connectivity index is 1.63. The lowest BCUT2D eigenvalue weighted by Gasteiger charge is -2.17. The summed E-state index contributed by atoms with van der Waals surface area (Å²) in [7, 11) is 0. The molecule has 1 aromatic carbocycles. The van der Waals surface area contributed by atoms with Gasteiger partial charge in [0.1, 0.15) is 17.6 Å². The maximum atomic E-state index is 13.8. The van der Waals surface area contributed by atoms with E-state index >= 15 is 0 Å². The first-order valence-electron chi connectivity index (χ1n) is 7.11. The van der Waals surface area contributed by atoms with Gasteiger partial charge in [-0.3, -0.25) is 10.1 Å². The molecule has 1 saturated heterocycles. The van der Waals surface area contributed by atoms with Crippen molar-refractivity contribution in [3.63, 3.8) is 0 Å². The van der Waals surface area contributed by atoms with Gasteiger partial charge in [-0.15, -0.1) is 0 Å². The van der Waals surface area contributed by atoms with Crippen LogP contribution in [-0.4, -0.2) is 29.7 Å². The summed E-state index contributed by atoms with van der Waals surface area (Å²) in [5, 5.41) is 8.67. The summed E-state index contributed by atoms with van der Waals surface area (Å²) in [5.41, 5.74) is 0.217. The lowest BCUT2D eigenvalue weighted by Crippen LogP contribution is -2.43. The molecule has 2 heterocycles. The summed E-state index contributed by atoms with van der Waals surface area (Å²) < 4.78 is 18.6. The van der Waals surface area contributed by atoms with Crippen LogP contribution in [0.15, 0.2) is 34.9 Å². The second-order valence-corrected chi connectivity index (χ2v) is 5.20. The van der Waals surface area contributed by atoms with Crippen LogP contribution in [0.25, 0.3) is 0 Å².